The number of halogens is 1. The molecular weight excluding hydrogens is 242 g/mol. The van der Waals surface area contributed by atoms with Crippen LogP contribution in [-0.2, 0) is 10.1 Å². The Balaban J connectivity index is 2.13. The van der Waals surface area contributed by atoms with Gasteiger partial charge < -0.3 is 4.74 Å². The van der Waals surface area contributed by atoms with Crippen molar-refractivity contribution in [2.24, 2.45) is 0 Å². The second-order valence-electron chi connectivity index (χ2n) is 3.57. The molecule has 1 aliphatic rings. The fourth-order valence-corrected chi connectivity index (χ4v) is 2.11. The van der Waals surface area contributed by atoms with Gasteiger partial charge in [-0.15, -0.1) is 0 Å². The van der Waals surface area contributed by atoms with Crippen molar-refractivity contribution in [1.29, 1.82) is 0 Å². The zero-order chi connectivity index (χ0) is 9.80. The maximum atomic E-state index is 5.34. The minimum atomic E-state index is 0.600. The molecule has 2 rings (SSSR count). The van der Waals surface area contributed by atoms with Gasteiger partial charge in [0.15, 0.2) is 0 Å². The zero-order valence-electron chi connectivity index (χ0n) is 8.08. The van der Waals surface area contributed by atoms with Crippen molar-refractivity contribution in [3.63, 3.8) is 0 Å². The number of pyridine rings is 1. The van der Waals surface area contributed by atoms with Crippen LogP contribution in [0.25, 0.3) is 0 Å². The fraction of sp³-hybridized carbons (Fsp3) is 0.545. The molecule has 0 bridgehead atoms. The van der Waals surface area contributed by atoms with E-state index in [0.29, 0.717) is 5.92 Å². The summed E-state index contributed by atoms with van der Waals surface area (Å²) >= 11 is 3.43. The zero-order valence-corrected chi connectivity index (χ0v) is 9.66. The summed E-state index contributed by atoms with van der Waals surface area (Å²) in [5.74, 6) is 0.600. The van der Waals surface area contributed by atoms with Crippen LogP contribution in [0, 0.1) is 0 Å². The van der Waals surface area contributed by atoms with Gasteiger partial charge in [0.2, 0.25) is 0 Å². The lowest BCUT2D eigenvalue weighted by atomic mass is 9.96. The first-order chi connectivity index (χ1) is 6.90. The molecule has 0 spiro atoms. The van der Waals surface area contributed by atoms with Gasteiger partial charge in [-0.25, -0.2) is 0 Å². The van der Waals surface area contributed by atoms with Gasteiger partial charge >= 0.3 is 0 Å². The summed E-state index contributed by atoms with van der Waals surface area (Å²) in [6.07, 6.45) is 2.22. The van der Waals surface area contributed by atoms with E-state index in [1.807, 2.05) is 0 Å². The van der Waals surface area contributed by atoms with Crippen molar-refractivity contribution in [2.75, 3.05) is 13.2 Å². The van der Waals surface area contributed by atoms with E-state index >= 15 is 0 Å². The van der Waals surface area contributed by atoms with Crippen molar-refractivity contribution < 1.29 is 4.74 Å². The van der Waals surface area contributed by atoms with Crippen LogP contribution in [-0.4, -0.2) is 18.2 Å². The Morgan fingerprint density at radius 3 is 2.86 bits per heavy atom. The van der Waals surface area contributed by atoms with Crippen LogP contribution in [0.4, 0.5) is 0 Å². The Morgan fingerprint density at radius 1 is 1.36 bits per heavy atom. The maximum absolute atomic E-state index is 5.34. The predicted octanol–water partition coefficient (Wildman–Crippen LogP) is 2.87. The number of aromatic nitrogens is 1. The van der Waals surface area contributed by atoms with E-state index in [1.54, 1.807) is 0 Å². The van der Waals surface area contributed by atoms with Gasteiger partial charge in [-0.1, -0.05) is 22.0 Å². The Labute approximate surface area is 92.8 Å². The molecule has 0 amide bonds. The third-order valence-corrected chi connectivity index (χ3v) is 3.18. The molecule has 1 fully saturated rings. The molecule has 76 valence electrons. The first kappa shape index (κ1) is 10.1. The SMILES string of the molecule is BrCc1cccc(C2CCOCC2)n1. The minimum Gasteiger partial charge on any atom is -0.381 e. The van der Waals surface area contributed by atoms with Gasteiger partial charge in [0, 0.05) is 30.2 Å². The molecule has 2 nitrogen and oxygen atoms in total. The minimum absolute atomic E-state index is 0.600. The molecule has 2 heterocycles. The number of nitrogens with zero attached hydrogens (tertiary/aromatic N) is 1. The summed E-state index contributed by atoms with van der Waals surface area (Å²) in [4.78, 5) is 4.61. The van der Waals surface area contributed by atoms with E-state index < -0.39 is 0 Å². The van der Waals surface area contributed by atoms with Gasteiger partial charge in [-0.05, 0) is 25.0 Å². The molecule has 0 N–H and O–H groups in total. The van der Waals surface area contributed by atoms with E-state index in [2.05, 4.69) is 39.1 Å². The molecule has 0 saturated carbocycles. The summed E-state index contributed by atoms with van der Waals surface area (Å²) in [7, 11) is 0. The molecule has 1 saturated heterocycles. The van der Waals surface area contributed by atoms with Crippen LogP contribution >= 0.6 is 15.9 Å². The third-order valence-electron chi connectivity index (χ3n) is 2.60. The molecule has 0 unspecified atom stereocenters. The average molecular weight is 256 g/mol. The number of ether oxygens (including phenoxy) is 1. The van der Waals surface area contributed by atoms with Crippen molar-refractivity contribution in [1.82, 2.24) is 4.98 Å². The van der Waals surface area contributed by atoms with Crippen LogP contribution in [0.1, 0.15) is 30.1 Å². The molecule has 1 aromatic rings. The summed E-state index contributed by atoms with van der Waals surface area (Å²) < 4.78 is 5.34. The van der Waals surface area contributed by atoms with Crippen LogP contribution in [0.3, 0.4) is 0 Å². The molecule has 14 heavy (non-hydrogen) atoms. The molecule has 0 atom stereocenters. The second-order valence-corrected chi connectivity index (χ2v) is 4.13. The first-order valence-corrected chi connectivity index (χ1v) is 6.12. The Kier molecular flexibility index (Phi) is 3.54. The molecule has 0 aliphatic carbocycles. The average Bonchev–Trinajstić information content (AvgIpc) is 2.30. The van der Waals surface area contributed by atoms with Crippen molar-refractivity contribution in [2.45, 2.75) is 24.1 Å². The lowest BCUT2D eigenvalue weighted by Gasteiger charge is -2.21. The van der Waals surface area contributed by atoms with Gasteiger partial charge in [0.1, 0.15) is 0 Å². The number of hydrogen-bond acceptors (Lipinski definition) is 2. The smallest absolute Gasteiger partial charge is 0.0512 e. The molecule has 1 aliphatic heterocycles. The molecule has 1 aromatic heterocycles. The Morgan fingerprint density at radius 2 is 2.14 bits per heavy atom. The van der Waals surface area contributed by atoms with Crippen LogP contribution in [0.5, 0.6) is 0 Å². The van der Waals surface area contributed by atoms with Gasteiger partial charge in [0.05, 0.1) is 5.69 Å². The molecule has 0 radical (unpaired) electrons. The largest absolute Gasteiger partial charge is 0.381 e. The Bertz CT molecular complexity index is 297. The number of hydrogen-bond donors (Lipinski definition) is 0. The van der Waals surface area contributed by atoms with Crippen molar-refractivity contribution >= 4 is 15.9 Å². The normalized spacial score (nSPS) is 18.4. The highest BCUT2D eigenvalue weighted by Crippen LogP contribution is 2.25. The van der Waals surface area contributed by atoms with E-state index in [-0.39, 0.29) is 0 Å². The lowest BCUT2D eigenvalue weighted by Crippen LogP contribution is -2.15. The monoisotopic (exact) mass is 255 g/mol. The highest BCUT2D eigenvalue weighted by atomic mass is 79.9. The summed E-state index contributed by atoms with van der Waals surface area (Å²) in [5, 5.41) is 0.837. The number of rotatable bonds is 2. The van der Waals surface area contributed by atoms with Crippen molar-refractivity contribution in [3.05, 3.63) is 29.6 Å². The summed E-state index contributed by atoms with van der Waals surface area (Å²) in [6, 6.07) is 6.27. The highest BCUT2D eigenvalue weighted by Gasteiger charge is 2.16. The Hall–Kier alpha value is -0.410. The summed E-state index contributed by atoms with van der Waals surface area (Å²) in [5.41, 5.74) is 2.35. The van der Waals surface area contributed by atoms with Crippen LogP contribution in [0.15, 0.2) is 18.2 Å². The van der Waals surface area contributed by atoms with E-state index in [9.17, 15) is 0 Å². The molecular formula is C11H14BrNO. The molecule has 0 aromatic carbocycles. The standard InChI is InChI=1S/C11H14BrNO/c12-8-10-2-1-3-11(13-10)9-4-6-14-7-5-9/h1-3,9H,4-8H2. The lowest BCUT2D eigenvalue weighted by molar-refractivity contribution is 0.0845. The fourth-order valence-electron chi connectivity index (χ4n) is 1.79. The van der Waals surface area contributed by atoms with E-state index in [0.717, 1.165) is 37.1 Å². The highest BCUT2D eigenvalue weighted by molar-refractivity contribution is 9.08. The topological polar surface area (TPSA) is 22.1 Å². The summed E-state index contributed by atoms with van der Waals surface area (Å²) in [6.45, 7) is 1.76. The predicted molar refractivity (Wildman–Crippen MR) is 59.7 cm³/mol. The second kappa shape index (κ2) is 4.89. The number of alkyl halides is 1. The van der Waals surface area contributed by atoms with E-state index in [1.165, 1.54) is 5.69 Å². The van der Waals surface area contributed by atoms with E-state index in [4.69, 9.17) is 4.74 Å². The first-order valence-electron chi connectivity index (χ1n) is 4.99. The maximum Gasteiger partial charge on any atom is 0.0512 e. The van der Waals surface area contributed by atoms with Gasteiger partial charge in [-0.2, -0.15) is 0 Å². The van der Waals surface area contributed by atoms with Crippen molar-refractivity contribution in [3.8, 4) is 0 Å². The molecule has 3 heteroatoms. The quantitative estimate of drug-likeness (QED) is 0.759. The van der Waals surface area contributed by atoms with Gasteiger partial charge in [-0.3, -0.25) is 4.98 Å². The van der Waals surface area contributed by atoms with Crippen LogP contribution < -0.4 is 0 Å². The van der Waals surface area contributed by atoms with Crippen LogP contribution in [0.2, 0.25) is 0 Å². The third kappa shape index (κ3) is 2.34. The van der Waals surface area contributed by atoms with Gasteiger partial charge in [0.25, 0.3) is 0 Å².